The lowest BCUT2D eigenvalue weighted by Gasteiger charge is -2.11. The van der Waals surface area contributed by atoms with Gasteiger partial charge in [-0.15, -0.1) is 0 Å². The second-order valence-electron chi connectivity index (χ2n) is 4.35. The summed E-state index contributed by atoms with van der Waals surface area (Å²) in [6, 6.07) is 4.26. The average Bonchev–Trinajstić information content (AvgIpc) is 3.04. The van der Waals surface area contributed by atoms with Gasteiger partial charge in [0, 0.05) is 11.6 Å². The molecule has 1 aromatic rings. The molecule has 1 fully saturated rings. The number of halogens is 1. The number of hydrogen-bond donors (Lipinski definition) is 2. The van der Waals surface area contributed by atoms with Crippen molar-refractivity contribution < 1.29 is 9.18 Å². The fourth-order valence-electron chi connectivity index (χ4n) is 1.69. The van der Waals surface area contributed by atoms with Gasteiger partial charge < -0.3 is 11.1 Å². The van der Waals surface area contributed by atoms with Crippen LogP contribution in [0.2, 0.25) is 0 Å². The van der Waals surface area contributed by atoms with Crippen molar-refractivity contribution >= 4 is 17.3 Å². The number of benzene rings is 1. The van der Waals surface area contributed by atoms with E-state index in [-0.39, 0.29) is 17.5 Å². The zero-order valence-corrected chi connectivity index (χ0v) is 9.16. The summed E-state index contributed by atoms with van der Waals surface area (Å²) in [4.78, 5) is 11.7. The lowest BCUT2D eigenvalue weighted by molar-refractivity contribution is -0.119. The van der Waals surface area contributed by atoms with Crippen molar-refractivity contribution in [1.29, 1.82) is 0 Å². The highest BCUT2D eigenvalue weighted by atomic mass is 19.1. The van der Waals surface area contributed by atoms with Gasteiger partial charge in [-0.25, -0.2) is 4.39 Å². The van der Waals surface area contributed by atoms with Crippen LogP contribution >= 0.6 is 0 Å². The van der Waals surface area contributed by atoms with Crippen LogP contribution in [0.15, 0.2) is 18.2 Å². The summed E-state index contributed by atoms with van der Waals surface area (Å²) in [7, 11) is 0. The van der Waals surface area contributed by atoms with Crippen LogP contribution in [-0.2, 0) is 4.79 Å². The normalized spacial score (nSPS) is 16.9. The smallest absolute Gasteiger partial charge is 0.227 e. The molecule has 1 aliphatic rings. The quantitative estimate of drug-likeness (QED) is 0.771. The summed E-state index contributed by atoms with van der Waals surface area (Å²) in [5.41, 5.74) is 5.98. The second kappa shape index (κ2) is 4.12. The summed E-state index contributed by atoms with van der Waals surface area (Å²) < 4.78 is 13.4. The topological polar surface area (TPSA) is 55.1 Å². The molecule has 4 heteroatoms. The van der Waals surface area contributed by atoms with Crippen molar-refractivity contribution in [2.24, 2.45) is 11.8 Å². The zero-order chi connectivity index (χ0) is 11.7. The summed E-state index contributed by atoms with van der Waals surface area (Å²) in [6.45, 7) is 1.88. The fraction of sp³-hybridized carbons (Fsp3) is 0.417. The van der Waals surface area contributed by atoms with Crippen LogP contribution < -0.4 is 11.1 Å². The molecule has 0 heterocycles. The first kappa shape index (κ1) is 10.9. The van der Waals surface area contributed by atoms with Crippen molar-refractivity contribution in [3.05, 3.63) is 24.0 Å². The monoisotopic (exact) mass is 222 g/mol. The Morgan fingerprint density at radius 3 is 2.81 bits per heavy atom. The number of nitrogens with one attached hydrogen (secondary N) is 1. The molecule has 0 radical (unpaired) electrons. The molecule has 86 valence electrons. The van der Waals surface area contributed by atoms with E-state index in [1.807, 2.05) is 6.92 Å². The molecule has 1 aromatic carbocycles. The molecule has 0 bridgehead atoms. The van der Waals surface area contributed by atoms with E-state index in [4.69, 9.17) is 5.73 Å². The standard InChI is InChI=1S/C12H15FN2O/c1-7(8-2-3-8)12(16)15-11-5-4-9(14)6-10(11)13/h4-8H,2-3,14H2,1H3,(H,15,16). The van der Waals surface area contributed by atoms with Gasteiger partial charge in [-0.1, -0.05) is 6.92 Å². The number of amides is 1. The fourth-order valence-corrected chi connectivity index (χ4v) is 1.69. The third kappa shape index (κ3) is 2.32. The van der Waals surface area contributed by atoms with Crippen molar-refractivity contribution in [2.75, 3.05) is 11.1 Å². The third-order valence-corrected chi connectivity index (χ3v) is 2.99. The maximum Gasteiger partial charge on any atom is 0.227 e. The number of carbonyl (C=O) groups excluding carboxylic acids is 1. The number of nitrogens with two attached hydrogens (primary N) is 1. The maximum absolute atomic E-state index is 13.4. The first-order chi connectivity index (χ1) is 7.58. The number of rotatable bonds is 3. The third-order valence-electron chi connectivity index (χ3n) is 2.99. The highest BCUT2D eigenvalue weighted by Gasteiger charge is 2.32. The largest absolute Gasteiger partial charge is 0.399 e. The Morgan fingerprint density at radius 1 is 1.56 bits per heavy atom. The first-order valence-electron chi connectivity index (χ1n) is 5.44. The van der Waals surface area contributed by atoms with Crippen LogP contribution in [0.25, 0.3) is 0 Å². The van der Waals surface area contributed by atoms with Crippen LogP contribution in [0.4, 0.5) is 15.8 Å². The van der Waals surface area contributed by atoms with Gasteiger partial charge in [0.2, 0.25) is 5.91 Å². The Bertz CT molecular complexity index is 415. The van der Waals surface area contributed by atoms with Gasteiger partial charge in [0.05, 0.1) is 5.69 Å². The van der Waals surface area contributed by atoms with Gasteiger partial charge in [0.15, 0.2) is 0 Å². The highest BCUT2D eigenvalue weighted by Crippen LogP contribution is 2.37. The number of anilines is 2. The summed E-state index contributed by atoms with van der Waals surface area (Å²) in [5.74, 6) is -0.184. The van der Waals surface area contributed by atoms with E-state index < -0.39 is 5.82 Å². The highest BCUT2D eigenvalue weighted by molar-refractivity contribution is 5.93. The molecule has 1 aliphatic carbocycles. The average molecular weight is 222 g/mol. The lowest BCUT2D eigenvalue weighted by atomic mass is 10.1. The summed E-state index contributed by atoms with van der Waals surface area (Å²) in [6.07, 6.45) is 2.19. The Hall–Kier alpha value is -1.58. The molecule has 0 aromatic heterocycles. The predicted octanol–water partition coefficient (Wildman–Crippen LogP) is 2.39. The van der Waals surface area contributed by atoms with E-state index >= 15 is 0 Å². The second-order valence-corrected chi connectivity index (χ2v) is 4.35. The Balaban J connectivity index is 2.05. The van der Waals surface area contributed by atoms with Crippen molar-refractivity contribution in [3.8, 4) is 0 Å². The summed E-state index contributed by atoms with van der Waals surface area (Å²) in [5, 5.41) is 2.59. The van der Waals surface area contributed by atoms with Crippen molar-refractivity contribution in [1.82, 2.24) is 0 Å². The molecule has 1 amide bonds. The maximum atomic E-state index is 13.4. The van der Waals surface area contributed by atoms with Crippen LogP contribution in [0.3, 0.4) is 0 Å². The minimum absolute atomic E-state index is 0.0445. The molecular weight excluding hydrogens is 207 g/mol. The predicted molar refractivity (Wildman–Crippen MR) is 61.3 cm³/mol. The van der Waals surface area contributed by atoms with E-state index in [2.05, 4.69) is 5.32 Å². The molecule has 3 N–H and O–H groups in total. The van der Waals surface area contributed by atoms with Crippen molar-refractivity contribution in [2.45, 2.75) is 19.8 Å². The van der Waals surface area contributed by atoms with Gasteiger partial charge in [-0.2, -0.15) is 0 Å². The van der Waals surface area contributed by atoms with Crippen LogP contribution in [0.1, 0.15) is 19.8 Å². The van der Waals surface area contributed by atoms with Crippen LogP contribution in [0, 0.1) is 17.7 Å². The van der Waals surface area contributed by atoms with Gasteiger partial charge in [-0.05, 0) is 37.0 Å². The van der Waals surface area contributed by atoms with E-state index in [9.17, 15) is 9.18 Å². The van der Waals surface area contributed by atoms with Crippen molar-refractivity contribution in [3.63, 3.8) is 0 Å². The zero-order valence-electron chi connectivity index (χ0n) is 9.16. The Labute approximate surface area is 93.8 Å². The van der Waals surface area contributed by atoms with E-state index in [0.29, 0.717) is 11.6 Å². The lowest BCUT2D eigenvalue weighted by Crippen LogP contribution is -2.22. The number of carbonyl (C=O) groups is 1. The van der Waals surface area contributed by atoms with E-state index in [1.54, 1.807) is 6.07 Å². The minimum atomic E-state index is -0.489. The van der Waals surface area contributed by atoms with Gasteiger partial charge >= 0.3 is 0 Å². The SMILES string of the molecule is CC(C(=O)Nc1ccc(N)cc1F)C1CC1. The molecule has 1 saturated carbocycles. The van der Waals surface area contributed by atoms with Gasteiger partial charge in [0.25, 0.3) is 0 Å². The Kier molecular flexibility index (Phi) is 2.81. The molecule has 1 atom stereocenters. The van der Waals surface area contributed by atoms with Gasteiger partial charge in [0.1, 0.15) is 5.82 Å². The van der Waals surface area contributed by atoms with Crippen LogP contribution in [-0.4, -0.2) is 5.91 Å². The number of hydrogen-bond acceptors (Lipinski definition) is 2. The van der Waals surface area contributed by atoms with Crippen LogP contribution in [0.5, 0.6) is 0 Å². The molecule has 0 saturated heterocycles. The number of nitrogen functional groups attached to an aromatic ring is 1. The molecule has 3 nitrogen and oxygen atoms in total. The van der Waals surface area contributed by atoms with E-state index in [1.165, 1.54) is 12.1 Å². The van der Waals surface area contributed by atoms with Gasteiger partial charge in [-0.3, -0.25) is 4.79 Å². The molecule has 0 spiro atoms. The molecule has 1 unspecified atom stereocenters. The Morgan fingerprint density at radius 2 is 2.25 bits per heavy atom. The summed E-state index contributed by atoms with van der Waals surface area (Å²) >= 11 is 0. The molecule has 16 heavy (non-hydrogen) atoms. The first-order valence-corrected chi connectivity index (χ1v) is 5.44. The minimum Gasteiger partial charge on any atom is -0.399 e. The molecular formula is C12H15FN2O. The molecule has 0 aliphatic heterocycles. The molecule has 2 rings (SSSR count). The van der Waals surface area contributed by atoms with E-state index in [0.717, 1.165) is 12.8 Å².